The van der Waals surface area contributed by atoms with Crippen LogP contribution < -0.4 is 11.1 Å². The summed E-state index contributed by atoms with van der Waals surface area (Å²) in [7, 11) is 0. The Morgan fingerprint density at radius 3 is 3.00 bits per heavy atom. The lowest BCUT2D eigenvalue weighted by molar-refractivity contribution is 1.10. The summed E-state index contributed by atoms with van der Waals surface area (Å²) in [6, 6.07) is 1.83. The molecule has 3 N–H and O–H groups in total. The van der Waals surface area contributed by atoms with Gasteiger partial charge in [-0.15, -0.1) is 11.3 Å². The van der Waals surface area contributed by atoms with Gasteiger partial charge in [0.15, 0.2) is 0 Å². The second kappa shape index (κ2) is 4.59. The molecule has 0 aliphatic carbocycles. The second-order valence-corrected chi connectivity index (χ2v) is 5.05. The molecule has 15 heavy (non-hydrogen) atoms. The molecule has 0 aliphatic rings. The smallest absolute Gasteiger partial charge is 0.139 e. The molecule has 0 saturated heterocycles. The van der Waals surface area contributed by atoms with E-state index >= 15 is 0 Å². The van der Waals surface area contributed by atoms with Crippen LogP contribution in [0.3, 0.4) is 0 Å². The van der Waals surface area contributed by atoms with Crippen molar-refractivity contribution in [3.05, 3.63) is 22.1 Å². The molecule has 0 radical (unpaired) electrons. The summed E-state index contributed by atoms with van der Waals surface area (Å²) >= 11 is 3.11. The lowest BCUT2D eigenvalue weighted by atomic mass is 10.4. The first-order valence-electron chi connectivity index (χ1n) is 4.67. The number of hydrogen-bond donors (Lipinski definition) is 2. The highest BCUT2D eigenvalue weighted by molar-refractivity contribution is 7.11. The van der Waals surface area contributed by atoms with Gasteiger partial charge < -0.3 is 11.1 Å². The standard InChI is InChI=1S/C9H12N4S2/c1-2-6-4-11-9(14-6)5-12-8-3-7(10)13-15-8/h3-4,12H,2,5H2,1H3,(H2,10,13). The van der Waals surface area contributed by atoms with Crippen molar-refractivity contribution in [2.45, 2.75) is 19.9 Å². The highest BCUT2D eigenvalue weighted by Gasteiger charge is 2.02. The molecule has 0 aliphatic heterocycles. The third kappa shape index (κ3) is 2.66. The summed E-state index contributed by atoms with van der Waals surface area (Å²) in [5, 5.41) is 5.33. The van der Waals surface area contributed by atoms with Gasteiger partial charge in [-0.2, -0.15) is 4.37 Å². The third-order valence-corrected chi connectivity index (χ3v) is 3.79. The minimum absolute atomic E-state index is 0.566. The van der Waals surface area contributed by atoms with Gasteiger partial charge in [0, 0.05) is 17.1 Å². The summed E-state index contributed by atoms with van der Waals surface area (Å²) in [5.41, 5.74) is 5.52. The van der Waals surface area contributed by atoms with Gasteiger partial charge in [-0.25, -0.2) is 4.98 Å². The lowest BCUT2D eigenvalue weighted by Gasteiger charge is -1.97. The maximum atomic E-state index is 5.52. The number of nitrogens with one attached hydrogen (secondary N) is 1. The Hall–Kier alpha value is -1.14. The Morgan fingerprint density at radius 2 is 2.40 bits per heavy atom. The van der Waals surface area contributed by atoms with Gasteiger partial charge in [0.1, 0.15) is 15.8 Å². The molecule has 0 bridgehead atoms. The Kier molecular flexibility index (Phi) is 3.17. The summed E-state index contributed by atoms with van der Waals surface area (Å²) in [6.07, 6.45) is 2.98. The quantitative estimate of drug-likeness (QED) is 0.861. The number of rotatable bonds is 4. The zero-order chi connectivity index (χ0) is 10.7. The van der Waals surface area contributed by atoms with E-state index in [-0.39, 0.29) is 0 Å². The van der Waals surface area contributed by atoms with Crippen LogP contribution in [0.5, 0.6) is 0 Å². The van der Waals surface area contributed by atoms with Crippen LogP contribution in [0, 0.1) is 0 Å². The second-order valence-electron chi connectivity index (χ2n) is 3.04. The molecule has 0 fully saturated rings. The van der Waals surface area contributed by atoms with Crippen LogP contribution in [0.4, 0.5) is 10.8 Å². The average molecular weight is 240 g/mol. The monoisotopic (exact) mass is 240 g/mol. The molecular weight excluding hydrogens is 228 g/mol. The van der Waals surface area contributed by atoms with Gasteiger partial charge in [0.05, 0.1) is 6.54 Å². The largest absolute Gasteiger partial charge is 0.383 e. The number of hydrogen-bond acceptors (Lipinski definition) is 6. The Bertz CT molecular complexity index is 435. The van der Waals surface area contributed by atoms with E-state index in [4.69, 9.17) is 5.73 Å². The lowest BCUT2D eigenvalue weighted by Crippen LogP contribution is -1.96. The van der Waals surface area contributed by atoms with Crippen molar-refractivity contribution in [1.29, 1.82) is 0 Å². The fourth-order valence-electron chi connectivity index (χ4n) is 1.13. The van der Waals surface area contributed by atoms with E-state index in [2.05, 4.69) is 21.6 Å². The number of thiazole rings is 1. The van der Waals surface area contributed by atoms with Crippen molar-refractivity contribution in [2.75, 3.05) is 11.1 Å². The van der Waals surface area contributed by atoms with E-state index in [9.17, 15) is 0 Å². The van der Waals surface area contributed by atoms with Gasteiger partial charge in [-0.1, -0.05) is 6.92 Å². The van der Waals surface area contributed by atoms with Gasteiger partial charge in [-0.3, -0.25) is 0 Å². The molecule has 2 rings (SSSR count). The normalized spacial score (nSPS) is 10.5. The maximum absolute atomic E-state index is 5.52. The maximum Gasteiger partial charge on any atom is 0.139 e. The molecule has 0 unspecified atom stereocenters. The summed E-state index contributed by atoms with van der Waals surface area (Å²) in [5.74, 6) is 0.566. The van der Waals surface area contributed by atoms with Crippen LogP contribution in [-0.4, -0.2) is 9.36 Å². The van der Waals surface area contributed by atoms with E-state index < -0.39 is 0 Å². The Labute approximate surface area is 96.3 Å². The third-order valence-electron chi connectivity index (χ3n) is 1.89. The molecule has 0 amide bonds. The van der Waals surface area contributed by atoms with Crippen molar-refractivity contribution in [1.82, 2.24) is 9.36 Å². The predicted molar refractivity (Wildman–Crippen MR) is 65.3 cm³/mol. The van der Waals surface area contributed by atoms with E-state index in [1.807, 2.05) is 12.3 Å². The van der Waals surface area contributed by atoms with Crippen LogP contribution in [0.2, 0.25) is 0 Å². The van der Waals surface area contributed by atoms with Crippen LogP contribution in [0.1, 0.15) is 16.8 Å². The van der Waals surface area contributed by atoms with Crippen LogP contribution in [-0.2, 0) is 13.0 Å². The van der Waals surface area contributed by atoms with E-state index in [1.165, 1.54) is 16.4 Å². The molecular formula is C9H12N4S2. The zero-order valence-corrected chi connectivity index (χ0v) is 9.99. The molecule has 2 aromatic heterocycles. The van der Waals surface area contributed by atoms with Gasteiger partial charge >= 0.3 is 0 Å². The molecule has 80 valence electrons. The summed E-state index contributed by atoms with van der Waals surface area (Å²) < 4.78 is 3.99. The highest BCUT2D eigenvalue weighted by atomic mass is 32.1. The van der Waals surface area contributed by atoms with Crippen LogP contribution in [0.25, 0.3) is 0 Å². The predicted octanol–water partition coefficient (Wildman–Crippen LogP) is 2.36. The van der Waals surface area contributed by atoms with E-state index in [0.717, 1.165) is 23.0 Å². The Balaban J connectivity index is 1.93. The topological polar surface area (TPSA) is 63.8 Å². The minimum atomic E-state index is 0.566. The van der Waals surface area contributed by atoms with Crippen molar-refractivity contribution in [3.63, 3.8) is 0 Å². The zero-order valence-electron chi connectivity index (χ0n) is 8.36. The Morgan fingerprint density at radius 1 is 1.53 bits per heavy atom. The first kappa shape index (κ1) is 10.4. The van der Waals surface area contributed by atoms with Crippen molar-refractivity contribution >= 4 is 33.7 Å². The number of nitrogens with zero attached hydrogens (tertiary/aromatic N) is 2. The van der Waals surface area contributed by atoms with E-state index in [0.29, 0.717) is 5.82 Å². The van der Waals surface area contributed by atoms with Gasteiger partial charge in [-0.05, 0) is 18.0 Å². The van der Waals surface area contributed by atoms with Crippen LogP contribution >= 0.6 is 22.9 Å². The first-order chi connectivity index (χ1) is 7.28. The molecule has 4 nitrogen and oxygen atoms in total. The van der Waals surface area contributed by atoms with Crippen molar-refractivity contribution < 1.29 is 0 Å². The number of anilines is 2. The van der Waals surface area contributed by atoms with E-state index in [1.54, 1.807) is 11.3 Å². The van der Waals surface area contributed by atoms with Crippen molar-refractivity contribution in [2.24, 2.45) is 0 Å². The SMILES string of the molecule is CCc1cnc(CNc2cc(N)ns2)s1. The fraction of sp³-hybridized carbons (Fsp3) is 0.333. The highest BCUT2D eigenvalue weighted by Crippen LogP contribution is 2.20. The average Bonchev–Trinajstić information content (AvgIpc) is 2.83. The summed E-state index contributed by atoms with van der Waals surface area (Å²) in [4.78, 5) is 5.63. The molecule has 0 saturated carbocycles. The minimum Gasteiger partial charge on any atom is -0.383 e. The first-order valence-corrected chi connectivity index (χ1v) is 6.26. The number of aryl methyl sites for hydroxylation is 1. The number of aromatic nitrogens is 2. The molecule has 6 heteroatoms. The number of nitrogen functional groups attached to an aromatic ring is 1. The molecule has 0 aromatic carbocycles. The summed E-state index contributed by atoms with van der Waals surface area (Å²) in [6.45, 7) is 2.88. The molecule has 2 heterocycles. The fourth-order valence-corrected chi connectivity index (χ4v) is 2.50. The van der Waals surface area contributed by atoms with Crippen molar-refractivity contribution in [3.8, 4) is 0 Å². The molecule has 0 spiro atoms. The van der Waals surface area contributed by atoms with Gasteiger partial charge in [0.25, 0.3) is 0 Å². The van der Waals surface area contributed by atoms with Crippen LogP contribution in [0.15, 0.2) is 12.3 Å². The number of nitrogens with two attached hydrogens (primary N) is 1. The van der Waals surface area contributed by atoms with Gasteiger partial charge in [0.2, 0.25) is 0 Å². The molecule has 2 aromatic rings. The molecule has 0 atom stereocenters.